The molecule has 0 spiro atoms. The zero-order chi connectivity index (χ0) is 12.0. The fourth-order valence-corrected chi connectivity index (χ4v) is 2.32. The van der Waals surface area contributed by atoms with E-state index in [1.165, 1.54) is 5.56 Å². The highest BCUT2D eigenvalue weighted by Gasteiger charge is 2.23. The highest BCUT2D eigenvalue weighted by atomic mass is 16.3. The molecule has 2 nitrogen and oxygen atoms in total. The van der Waals surface area contributed by atoms with Crippen molar-refractivity contribution in [3.05, 3.63) is 29.8 Å². The van der Waals surface area contributed by atoms with Crippen LogP contribution in [0.25, 0.3) is 0 Å². The second-order valence-corrected chi connectivity index (χ2v) is 4.71. The largest absolute Gasteiger partial charge is 0.508 e. The van der Waals surface area contributed by atoms with Gasteiger partial charge in [0.25, 0.3) is 0 Å². The topological polar surface area (TPSA) is 46.2 Å². The number of hydrogen-bond acceptors (Lipinski definition) is 2. The van der Waals surface area contributed by atoms with Crippen LogP contribution in [-0.4, -0.2) is 10.6 Å². The van der Waals surface area contributed by atoms with Crippen molar-refractivity contribution in [2.75, 3.05) is 0 Å². The highest BCUT2D eigenvalue weighted by molar-refractivity contribution is 5.27. The summed E-state index contributed by atoms with van der Waals surface area (Å²) < 4.78 is 0. The van der Waals surface area contributed by atoms with E-state index in [9.17, 15) is 5.11 Å². The molecule has 0 bridgehead atoms. The predicted octanol–water partition coefficient (Wildman–Crippen LogP) is 3.23. The minimum atomic E-state index is -0.0829. The van der Waals surface area contributed by atoms with Gasteiger partial charge >= 0.3 is 0 Å². The Labute approximate surface area is 98.5 Å². The molecule has 0 heterocycles. The van der Waals surface area contributed by atoms with Crippen LogP contribution in [0.5, 0.6) is 5.75 Å². The van der Waals surface area contributed by atoms with Gasteiger partial charge in [-0.15, -0.1) is 0 Å². The molecule has 0 saturated carbocycles. The molecule has 0 aliphatic rings. The van der Waals surface area contributed by atoms with Gasteiger partial charge in [0.2, 0.25) is 0 Å². The zero-order valence-electron chi connectivity index (χ0n) is 10.4. The second-order valence-electron chi connectivity index (χ2n) is 4.71. The van der Waals surface area contributed by atoms with Crippen LogP contribution in [0.3, 0.4) is 0 Å². The van der Waals surface area contributed by atoms with Crippen molar-refractivity contribution < 1.29 is 5.11 Å². The maximum atomic E-state index is 9.23. The zero-order valence-corrected chi connectivity index (χ0v) is 10.4. The van der Waals surface area contributed by atoms with Gasteiger partial charge < -0.3 is 10.8 Å². The molecular formula is C14H23NO. The Kier molecular flexibility index (Phi) is 4.81. The van der Waals surface area contributed by atoms with Gasteiger partial charge in [-0.05, 0) is 37.0 Å². The molecule has 0 atom stereocenters. The molecule has 1 aromatic carbocycles. The Hall–Kier alpha value is -1.02. The molecule has 0 radical (unpaired) electrons. The van der Waals surface area contributed by atoms with Gasteiger partial charge in [0.1, 0.15) is 5.75 Å². The van der Waals surface area contributed by atoms with E-state index in [1.807, 2.05) is 12.1 Å². The molecule has 2 heteroatoms. The Balaban J connectivity index is 2.70. The van der Waals surface area contributed by atoms with Gasteiger partial charge in [-0.2, -0.15) is 0 Å². The van der Waals surface area contributed by atoms with E-state index >= 15 is 0 Å². The van der Waals surface area contributed by atoms with Gasteiger partial charge in [0.05, 0.1) is 0 Å². The van der Waals surface area contributed by atoms with Gasteiger partial charge in [-0.25, -0.2) is 0 Å². The number of phenolic OH excluding ortho intramolecular Hbond substituents is 1. The van der Waals surface area contributed by atoms with E-state index in [0.717, 1.165) is 32.1 Å². The summed E-state index contributed by atoms with van der Waals surface area (Å²) in [5, 5.41) is 9.23. The van der Waals surface area contributed by atoms with Crippen molar-refractivity contribution in [3.63, 3.8) is 0 Å². The molecule has 0 aromatic heterocycles. The molecule has 0 fully saturated rings. The Bertz CT molecular complexity index is 299. The van der Waals surface area contributed by atoms with E-state index in [-0.39, 0.29) is 5.54 Å². The summed E-state index contributed by atoms with van der Waals surface area (Å²) in [6, 6.07) is 7.38. The number of nitrogens with two attached hydrogens (primary N) is 1. The summed E-state index contributed by atoms with van der Waals surface area (Å²) in [7, 11) is 0. The fourth-order valence-electron chi connectivity index (χ4n) is 2.32. The van der Waals surface area contributed by atoms with Gasteiger partial charge in [-0.3, -0.25) is 0 Å². The van der Waals surface area contributed by atoms with Gasteiger partial charge in [0, 0.05) is 5.54 Å². The van der Waals surface area contributed by atoms with Gasteiger partial charge in [0.15, 0.2) is 0 Å². The van der Waals surface area contributed by atoms with Crippen LogP contribution >= 0.6 is 0 Å². The first-order valence-electron chi connectivity index (χ1n) is 6.16. The minimum Gasteiger partial charge on any atom is -0.508 e. The number of phenols is 1. The summed E-state index contributed by atoms with van der Waals surface area (Å²) in [6.07, 6.45) is 5.25. The van der Waals surface area contributed by atoms with Crippen LogP contribution in [0.2, 0.25) is 0 Å². The van der Waals surface area contributed by atoms with Crippen molar-refractivity contribution in [2.45, 2.75) is 51.5 Å². The molecule has 0 aliphatic heterocycles. The van der Waals surface area contributed by atoms with Crippen LogP contribution in [-0.2, 0) is 6.42 Å². The summed E-state index contributed by atoms with van der Waals surface area (Å²) in [4.78, 5) is 0. The molecule has 0 aliphatic carbocycles. The van der Waals surface area contributed by atoms with Crippen LogP contribution < -0.4 is 5.73 Å². The second kappa shape index (κ2) is 5.90. The van der Waals surface area contributed by atoms with Crippen molar-refractivity contribution in [3.8, 4) is 5.75 Å². The average molecular weight is 221 g/mol. The lowest BCUT2D eigenvalue weighted by atomic mass is 9.84. The van der Waals surface area contributed by atoms with E-state index in [0.29, 0.717) is 5.75 Å². The molecule has 90 valence electrons. The molecule has 0 amide bonds. The summed E-state index contributed by atoms with van der Waals surface area (Å²) >= 11 is 0. The summed E-state index contributed by atoms with van der Waals surface area (Å²) in [5.74, 6) is 0.317. The molecule has 3 N–H and O–H groups in total. The molecular weight excluding hydrogens is 198 g/mol. The highest BCUT2D eigenvalue weighted by Crippen LogP contribution is 2.23. The van der Waals surface area contributed by atoms with Crippen LogP contribution in [0, 0.1) is 0 Å². The van der Waals surface area contributed by atoms with Crippen molar-refractivity contribution in [1.29, 1.82) is 0 Å². The monoisotopic (exact) mass is 221 g/mol. The fraction of sp³-hybridized carbons (Fsp3) is 0.571. The Morgan fingerprint density at radius 3 is 2.00 bits per heavy atom. The number of benzene rings is 1. The third-order valence-electron chi connectivity index (χ3n) is 2.99. The predicted molar refractivity (Wildman–Crippen MR) is 68.5 cm³/mol. The maximum absolute atomic E-state index is 9.23. The minimum absolute atomic E-state index is 0.0829. The Morgan fingerprint density at radius 2 is 1.56 bits per heavy atom. The van der Waals surface area contributed by atoms with E-state index < -0.39 is 0 Å². The molecule has 0 unspecified atom stereocenters. The first-order chi connectivity index (χ1) is 7.59. The SMILES string of the molecule is CCCC(N)(CCC)Cc1ccc(O)cc1. The van der Waals surface area contributed by atoms with Crippen molar-refractivity contribution in [1.82, 2.24) is 0 Å². The lowest BCUT2D eigenvalue weighted by Crippen LogP contribution is -2.41. The van der Waals surface area contributed by atoms with Gasteiger partial charge in [-0.1, -0.05) is 38.8 Å². The number of rotatable bonds is 6. The van der Waals surface area contributed by atoms with Crippen LogP contribution in [0.1, 0.15) is 45.1 Å². The number of hydrogen-bond donors (Lipinski definition) is 2. The standard InChI is InChI=1S/C14H23NO/c1-3-9-14(15,10-4-2)11-12-5-7-13(16)8-6-12/h5-8,16H,3-4,9-11,15H2,1-2H3. The third-order valence-corrected chi connectivity index (χ3v) is 2.99. The lowest BCUT2D eigenvalue weighted by molar-refractivity contribution is 0.355. The van der Waals surface area contributed by atoms with Crippen molar-refractivity contribution in [2.24, 2.45) is 5.73 Å². The smallest absolute Gasteiger partial charge is 0.115 e. The Morgan fingerprint density at radius 1 is 1.06 bits per heavy atom. The van der Waals surface area contributed by atoms with E-state index in [4.69, 9.17) is 5.73 Å². The van der Waals surface area contributed by atoms with Crippen molar-refractivity contribution >= 4 is 0 Å². The number of aromatic hydroxyl groups is 1. The molecule has 1 aromatic rings. The molecule has 1 rings (SSSR count). The van der Waals surface area contributed by atoms with E-state index in [1.54, 1.807) is 12.1 Å². The molecule has 0 saturated heterocycles. The van der Waals surface area contributed by atoms with E-state index in [2.05, 4.69) is 13.8 Å². The first-order valence-corrected chi connectivity index (χ1v) is 6.16. The quantitative estimate of drug-likeness (QED) is 0.774. The lowest BCUT2D eigenvalue weighted by Gasteiger charge is -2.29. The summed E-state index contributed by atoms with van der Waals surface area (Å²) in [6.45, 7) is 4.35. The average Bonchev–Trinajstić information content (AvgIpc) is 2.22. The first kappa shape index (κ1) is 13.0. The van der Waals surface area contributed by atoms with Crippen LogP contribution in [0.4, 0.5) is 0 Å². The third kappa shape index (κ3) is 3.86. The van der Waals surface area contributed by atoms with Crippen LogP contribution in [0.15, 0.2) is 24.3 Å². The molecule has 16 heavy (non-hydrogen) atoms. The normalized spacial score (nSPS) is 11.7. The maximum Gasteiger partial charge on any atom is 0.115 e. The summed E-state index contributed by atoms with van der Waals surface area (Å²) in [5.41, 5.74) is 7.55.